The predicted molar refractivity (Wildman–Crippen MR) is 118 cm³/mol. The summed E-state index contributed by atoms with van der Waals surface area (Å²) in [6.07, 6.45) is 0. The Morgan fingerprint density at radius 2 is 1.73 bits per heavy atom. The number of benzene rings is 2. The van der Waals surface area contributed by atoms with Crippen LogP contribution in [0.1, 0.15) is 22.0 Å². The summed E-state index contributed by atoms with van der Waals surface area (Å²) in [5, 5.41) is 13.4. The maximum absolute atomic E-state index is 13.1. The molecule has 1 atom stereocenters. The number of thiophene rings is 1. The minimum Gasteiger partial charge on any atom is -0.507 e. The van der Waals surface area contributed by atoms with Crippen LogP contribution < -0.4 is 9.64 Å². The Balaban J connectivity index is 1.92. The Labute approximate surface area is 182 Å². The summed E-state index contributed by atoms with van der Waals surface area (Å²) in [6, 6.07) is 14.6. The fourth-order valence-corrected chi connectivity index (χ4v) is 4.67. The largest absolute Gasteiger partial charge is 0.507 e. The SMILES string of the molecule is COc1ccc(N2C(=O)C(=O)/C(=C(\O)c3ccc(Cl)cc3)C2c2sccc2C)cc1. The maximum Gasteiger partial charge on any atom is 0.300 e. The highest BCUT2D eigenvalue weighted by Crippen LogP contribution is 2.45. The molecule has 2 aromatic carbocycles. The van der Waals surface area contributed by atoms with Crippen molar-refractivity contribution in [2.24, 2.45) is 0 Å². The molecular formula is C23H18ClNO4S. The summed E-state index contributed by atoms with van der Waals surface area (Å²) in [5.74, 6) is -0.997. The molecule has 1 amide bonds. The zero-order valence-electron chi connectivity index (χ0n) is 16.3. The first kappa shape index (κ1) is 20.2. The summed E-state index contributed by atoms with van der Waals surface area (Å²) in [5.41, 5.74) is 1.97. The van der Waals surface area contributed by atoms with E-state index in [2.05, 4.69) is 0 Å². The lowest BCUT2D eigenvalue weighted by Gasteiger charge is -2.25. The Bertz CT molecular complexity index is 1150. The quantitative estimate of drug-likeness (QED) is 0.338. The van der Waals surface area contributed by atoms with Gasteiger partial charge in [-0.05, 0) is 72.5 Å². The minimum absolute atomic E-state index is 0.0590. The first-order valence-electron chi connectivity index (χ1n) is 9.17. The lowest BCUT2D eigenvalue weighted by molar-refractivity contribution is -0.132. The van der Waals surface area contributed by atoms with Gasteiger partial charge < -0.3 is 9.84 Å². The number of nitrogens with zero attached hydrogens (tertiary/aromatic N) is 1. The molecule has 30 heavy (non-hydrogen) atoms. The number of ketones is 1. The molecule has 0 spiro atoms. The zero-order chi connectivity index (χ0) is 21.4. The van der Waals surface area contributed by atoms with Gasteiger partial charge in [0.25, 0.3) is 11.7 Å². The minimum atomic E-state index is -0.728. The summed E-state index contributed by atoms with van der Waals surface area (Å²) in [4.78, 5) is 28.4. The molecule has 7 heteroatoms. The molecule has 2 heterocycles. The monoisotopic (exact) mass is 439 g/mol. The van der Waals surface area contributed by atoms with Crippen molar-refractivity contribution in [3.05, 3.63) is 86.6 Å². The van der Waals surface area contributed by atoms with Crippen molar-refractivity contribution < 1.29 is 19.4 Å². The van der Waals surface area contributed by atoms with E-state index in [1.54, 1.807) is 55.6 Å². The van der Waals surface area contributed by atoms with Crippen molar-refractivity contribution in [1.82, 2.24) is 0 Å². The highest BCUT2D eigenvalue weighted by molar-refractivity contribution is 7.10. The number of aryl methyl sites for hydroxylation is 1. The van der Waals surface area contributed by atoms with E-state index in [-0.39, 0.29) is 11.3 Å². The van der Waals surface area contributed by atoms with Crippen LogP contribution in [0, 0.1) is 6.92 Å². The zero-order valence-corrected chi connectivity index (χ0v) is 17.8. The molecule has 1 fully saturated rings. The van der Waals surface area contributed by atoms with Gasteiger partial charge in [-0.3, -0.25) is 14.5 Å². The van der Waals surface area contributed by atoms with Gasteiger partial charge in [-0.2, -0.15) is 0 Å². The number of aliphatic hydroxyl groups is 1. The van der Waals surface area contributed by atoms with Crippen molar-refractivity contribution in [2.75, 3.05) is 12.0 Å². The van der Waals surface area contributed by atoms with Gasteiger partial charge in [-0.1, -0.05) is 11.6 Å². The van der Waals surface area contributed by atoms with Gasteiger partial charge in [0.15, 0.2) is 0 Å². The molecule has 4 rings (SSSR count). The van der Waals surface area contributed by atoms with Crippen LogP contribution in [0.3, 0.4) is 0 Å². The predicted octanol–water partition coefficient (Wildman–Crippen LogP) is 5.34. The van der Waals surface area contributed by atoms with E-state index in [9.17, 15) is 14.7 Å². The van der Waals surface area contributed by atoms with E-state index in [0.29, 0.717) is 22.0 Å². The van der Waals surface area contributed by atoms with Crippen molar-refractivity contribution >= 4 is 46.1 Å². The van der Waals surface area contributed by atoms with Crippen LogP contribution in [-0.4, -0.2) is 23.9 Å². The third kappa shape index (κ3) is 3.38. The average molecular weight is 440 g/mol. The fraction of sp³-hybridized carbons (Fsp3) is 0.130. The molecule has 1 unspecified atom stereocenters. The molecule has 5 nitrogen and oxygen atoms in total. The summed E-state index contributed by atoms with van der Waals surface area (Å²) in [6.45, 7) is 1.92. The summed E-state index contributed by atoms with van der Waals surface area (Å²) >= 11 is 7.39. The van der Waals surface area contributed by atoms with Crippen LogP contribution in [0.5, 0.6) is 5.75 Å². The molecule has 0 saturated carbocycles. The van der Waals surface area contributed by atoms with Crippen molar-refractivity contribution in [2.45, 2.75) is 13.0 Å². The number of carbonyl (C=O) groups is 2. The second-order valence-corrected chi connectivity index (χ2v) is 8.23. The first-order valence-corrected chi connectivity index (χ1v) is 10.4. The molecule has 3 aromatic rings. The van der Waals surface area contributed by atoms with Gasteiger partial charge in [0.2, 0.25) is 0 Å². The number of ether oxygens (including phenoxy) is 1. The van der Waals surface area contributed by atoms with Crippen LogP contribution in [-0.2, 0) is 9.59 Å². The summed E-state index contributed by atoms with van der Waals surface area (Å²) in [7, 11) is 1.56. The normalized spacial score (nSPS) is 18.1. The number of Topliss-reactive ketones (excluding diaryl/α,β-unsaturated/α-hetero) is 1. The van der Waals surface area contributed by atoms with Gasteiger partial charge in [0, 0.05) is 21.2 Å². The lowest BCUT2D eigenvalue weighted by Crippen LogP contribution is -2.29. The van der Waals surface area contributed by atoms with Gasteiger partial charge in [-0.25, -0.2) is 0 Å². The third-order valence-corrected chi connectivity index (χ3v) is 6.39. The second kappa shape index (κ2) is 7.97. The fourth-order valence-electron chi connectivity index (χ4n) is 3.52. The molecule has 0 radical (unpaired) electrons. The average Bonchev–Trinajstić information content (AvgIpc) is 3.29. The number of halogens is 1. The van der Waals surface area contributed by atoms with Gasteiger partial charge in [-0.15, -0.1) is 11.3 Å². The molecule has 1 N–H and O–H groups in total. The highest BCUT2D eigenvalue weighted by atomic mass is 35.5. The van der Waals surface area contributed by atoms with Crippen LogP contribution in [0.2, 0.25) is 5.02 Å². The first-order chi connectivity index (χ1) is 14.4. The number of carbonyl (C=O) groups excluding carboxylic acids is 2. The van der Waals surface area contributed by atoms with Gasteiger partial charge >= 0.3 is 0 Å². The highest BCUT2D eigenvalue weighted by Gasteiger charge is 2.47. The van der Waals surface area contributed by atoms with E-state index in [1.807, 2.05) is 18.4 Å². The molecule has 1 saturated heterocycles. The lowest BCUT2D eigenvalue weighted by atomic mass is 9.98. The molecule has 0 bridgehead atoms. The molecule has 1 aliphatic rings. The molecule has 1 aromatic heterocycles. The number of hydrogen-bond donors (Lipinski definition) is 1. The number of methoxy groups -OCH3 is 1. The summed E-state index contributed by atoms with van der Waals surface area (Å²) < 4.78 is 5.20. The number of aliphatic hydroxyl groups excluding tert-OH is 1. The van der Waals surface area contributed by atoms with Crippen molar-refractivity contribution in [1.29, 1.82) is 0 Å². The van der Waals surface area contributed by atoms with E-state index < -0.39 is 17.7 Å². The smallest absolute Gasteiger partial charge is 0.300 e. The van der Waals surface area contributed by atoms with Crippen LogP contribution in [0.25, 0.3) is 5.76 Å². The Hall–Kier alpha value is -3.09. The van der Waals surface area contributed by atoms with Crippen molar-refractivity contribution in [3.8, 4) is 5.75 Å². The second-order valence-electron chi connectivity index (χ2n) is 6.84. The molecular weight excluding hydrogens is 422 g/mol. The Kier molecular flexibility index (Phi) is 5.37. The third-order valence-electron chi connectivity index (χ3n) is 5.06. The van der Waals surface area contributed by atoms with Crippen LogP contribution in [0.4, 0.5) is 5.69 Å². The molecule has 152 valence electrons. The van der Waals surface area contributed by atoms with Gasteiger partial charge in [0.1, 0.15) is 17.6 Å². The van der Waals surface area contributed by atoms with E-state index in [0.717, 1.165) is 10.4 Å². The number of hydrogen-bond acceptors (Lipinski definition) is 5. The van der Waals surface area contributed by atoms with Crippen LogP contribution >= 0.6 is 22.9 Å². The number of rotatable bonds is 4. The number of amides is 1. The number of anilines is 1. The molecule has 0 aliphatic carbocycles. The van der Waals surface area contributed by atoms with E-state index >= 15 is 0 Å². The topological polar surface area (TPSA) is 66.8 Å². The standard InChI is InChI=1S/C23H18ClNO4S/c1-13-11-12-30-22(13)19-18(20(26)14-3-5-15(24)6-4-14)21(27)23(28)25(19)16-7-9-17(29-2)10-8-16/h3-12,19,26H,1-2H3/b20-18-. The van der Waals surface area contributed by atoms with E-state index in [4.69, 9.17) is 16.3 Å². The van der Waals surface area contributed by atoms with E-state index in [1.165, 1.54) is 16.2 Å². The maximum atomic E-state index is 13.1. The van der Waals surface area contributed by atoms with Crippen LogP contribution in [0.15, 0.2) is 65.6 Å². The Morgan fingerprint density at radius 1 is 1.07 bits per heavy atom. The molecule has 1 aliphatic heterocycles. The van der Waals surface area contributed by atoms with Gasteiger partial charge in [0.05, 0.1) is 12.7 Å². The van der Waals surface area contributed by atoms with Crippen molar-refractivity contribution in [3.63, 3.8) is 0 Å². The Morgan fingerprint density at radius 3 is 2.30 bits per heavy atom.